The molecule has 14 heavy (non-hydrogen) atoms. The normalized spacial score (nSPS) is 34.4. The first-order valence-corrected chi connectivity index (χ1v) is 5.69. The molecule has 3 heteroatoms. The Morgan fingerprint density at radius 2 is 2.29 bits per heavy atom. The predicted octanol–water partition coefficient (Wildman–Crippen LogP) is 1.40. The fraction of sp³-hybridized carbons (Fsp3) is 0.909. The monoisotopic (exact) mass is 195 g/mol. The van der Waals surface area contributed by atoms with Gasteiger partial charge in [0.1, 0.15) is 0 Å². The standard InChI is InChI=1S/C11H21N3/c1-9-6-10(7-13(9)2)8-14-5-3-4-11(14)12/h9-10,12H,3-8H2,1-2H3. The van der Waals surface area contributed by atoms with E-state index in [0.717, 1.165) is 37.3 Å². The minimum atomic E-state index is 0.733. The Morgan fingerprint density at radius 1 is 1.50 bits per heavy atom. The average molecular weight is 195 g/mol. The molecule has 0 amide bonds. The van der Waals surface area contributed by atoms with Gasteiger partial charge in [0.15, 0.2) is 0 Å². The molecule has 0 spiro atoms. The molecule has 0 saturated carbocycles. The second-order valence-electron chi connectivity index (χ2n) is 4.89. The highest BCUT2D eigenvalue weighted by molar-refractivity contribution is 5.80. The van der Waals surface area contributed by atoms with Gasteiger partial charge in [-0.15, -0.1) is 0 Å². The van der Waals surface area contributed by atoms with E-state index in [1.165, 1.54) is 19.4 Å². The van der Waals surface area contributed by atoms with Crippen LogP contribution in [-0.4, -0.2) is 48.4 Å². The summed E-state index contributed by atoms with van der Waals surface area (Å²) in [5.74, 6) is 1.65. The smallest absolute Gasteiger partial charge is 0.0958 e. The summed E-state index contributed by atoms with van der Waals surface area (Å²) in [5, 5.41) is 7.78. The van der Waals surface area contributed by atoms with Crippen molar-refractivity contribution in [3.63, 3.8) is 0 Å². The zero-order valence-electron chi connectivity index (χ0n) is 9.29. The Hall–Kier alpha value is -0.570. The van der Waals surface area contributed by atoms with E-state index in [1.54, 1.807) is 0 Å². The van der Waals surface area contributed by atoms with E-state index < -0.39 is 0 Å². The second kappa shape index (κ2) is 3.89. The molecule has 2 aliphatic heterocycles. The van der Waals surface area contributed by atoms with Crippen LogP contribution in [0.25, 0.3) is 0 Å². The van der Waals surface area contributed by atoms with E-state index in [2.05, 4.69) is 23.8 Å². The molecule has 0 aliphatic carbocycles. The van der Waals surface area contributed by atoms with Crippen LogP contribution >= 0.6 is 0 Å². The molecule has 0 aromatic rings. The third-order valence-electron chi connectivity index (χ3n) is 3.67. The molecule has 2 unspecified atom stereocenters. The molecule has 2 heterocycles. The van der Waals surface area contributed by atoms with Crippen molar-refractivity contribution in [2.24, 2.45) is 5.92 Å². The van der Waals surface area contributed by atoms with Crippen molar-refractivity contribution < 1.29 is 0 Å². The van der Waals surface area contributed by atoms with Gasteiger partial charge in [-0.2, -0.15) is 0 Å². The van der Waals surface area contributed by atoms with Gasteiger partial charge in [0.05, 0.1) is 5.84 Å². The molecule has 0 radical (unpaired) electrons. The first-order valence-electron chi connectivity index (χ1n) is 5.69. The van der Waals surface area contributed by atoms with Crippen molar-refractivity contribution >= 4 is 5.84 Å². The molecule has 0 aromatic carbocycles. The van der Waals surface area contributed by atoms with Crippen LogP contribution in [0, 0.1) is 11.3 Å². The summed E-state index contributed by atoms with van der Waals surface area (Å²) in [6.07, 6.45) is 3.50. The first-order chi connectivity index (χ1) is 6.66. The number of hydrogen-bond acceptors (Lipinski definition) is 2. The molecule has 2 saturated heterocycles. The molecule has 2 rings (SSSR count). The maximum Gasteiger partial charge on any atom is 0.0958 e. The SMILES string of the molecule is CC1CC(CN2CCCC2=N)CN1C. The lowest BCUT2D eigenvalue weighted by Gasteiger charge is -2.21. The zero-order valence-corrected chi connectivity index (χ0v) is 9.29. The number of hydrogen-bond donors (Lipinski definition) is 1. The van der Waals surface area contributed by atoms with Crippen molar-refractivity contribution in [3.8, 4) is 0 Å². The molecule has 80 valence electrons. The summed E-state index contributed by atoms with van der Waals surface area (Å²) in [4.78, 5) is 4.71. The topological polar surface area (TPSA) is 30.3 Å². The fourth-order valence-electron chi connectivity index (χ4n) is 2.70. The van der Waals surface area contributed by atoms with Gasteiger partial charge in [0, 0.05) is 32.1 Å². The highest BCUT2D eigenvalue weighted by atomic mass is 15.2. The van der Waals surface area contributed by atoms with Crippen LogP contribution in [0.15, 0.2) is 0 Å². The Labute approximate surface area is 86.6 Å². The minimum absolute atomic E-state index is 0.733. The predicted molar refractivity (Wildman–Crippen MR) is 58.7 cm³/mol. The van der Waals surface area contributed by atoms with Gasteiger partial charge in [-0.05, 0) is 32.7 Å². The summed E-state index contributed by atoms with van der Waals surface area (Å²) in [6.45, 7) is 5.75. The van der Waals surface area contributed by atoms with Crippen molar-refractivity contribution in [1.82, 2.24) is 9.80 Å². The van der Waals surface area contributed by atoms with Crippen molar-refractivity contribution in [2.75, 3.05) is 26.7 Å². The van der Waals surface area contributed by atoms with Crippen LogP contribution in [0.2, 0.25) is 0 Å². The van der Waals surface area contributed by atoms with Crippen LogP contribution in [0.5, 0.6) is 0 Å². The molecule has 0 bridgehead atoms. The van der Waals surface area contributed by atoms with Gasteiger partial charge in [-0.25, -0.2) is 0 Å². The quantitative estimate of drug-likeness (QED) is 0.722. The highest BCUT2D eigenvalue weighted by Crippen LogP contribution is 2.23. The Kier molecular flexibility index (Phi) is 2.77. The number of nitrogens with one attached hydrogen (secondary N) is 1. The third kappa shape index (κ3) is 1.92. The molecule has 0 aromatic heterocycles. The Balaban J connectivity index is 1.84. The summed E-state index contributed by atoms with van der Waals surface area (Å²) < 4.78 is 0. The van der Waals surface area contributed by atoms with Crippen LogP contribution in [-0.2, 0) is 0 Å². The van der Waals surface area contributed by atoms with E-state index in [0.29, 0.717) is 0 Å². The summed E-state index contributed by atoms with van der Waals surface area (Å²) >= 11 is 0. The van der Waals surface area contributed by atoms with E-state index in [4.69, 9.17) is 5.41 Å². The van der Waals surface area contributed by atoms with Gasteiger partial charge in [0.25, 0.3) is 0 Å². The largest absolute Gasteiger partial charge is 0.360 e. The van der Waals surface area contributed by atoms with Gasteiger partial charge < -0.3 is 9.80 Å². The van der Waals surface area contributed by atoms with Gasteiger partial charge in [0.2, 0.25) is 0 Å². The lowest BCUT2D eigenvalue weighted by Crippen LogP contribution is -2.31. The summed E-state index contributed by atoms with van der Waals surface area (Å²) in [7, 11) is 2.21. The van der Waals surface area contributed by atoms with E-state index in [9.17, 15) is 0 Å². The maximum absolute atomic E-state index is 7.78. The van der Waals surface area contributed by atoms with Gasteiger partial charge in [-0.1, -0.05) is 0 Å². The molecule has 1 N–H and O–H groups in total. The second-order valence-corrected chi connectivity index (χ2v) is 4.89. The lowest BCUT2D eigenvalue weighted by molar-refractivity contribution is 0.314. The summed E-state index contributed by atoms with van der Waals surface area (Å²) in [5.41, 5.74) is 0. The third-order valence-corrected chi connectivity index (χ3v) is 3.67. The first kappa shape index (κ1) is 9.97. The maximum atomic E-state index is 7.78. The number of likely N-dealkylation sites (tertiary alicyclic amines) is 2. The molecular weight excluding hydrogens is 174 g/mol. The van der Waals surface area contributed by atoms with Crippen molar-refractivity contribution in [2.45, 2.75) is 32.2 Å². The van der Waals surface area contributed by atoms with Gasteiger partial charge >= 0.3 is 0 Å². The molecule has 2 atom stereocenters. The van der Waals surface area contributed by atoms with E-state index in [-0.39, 0.29) is 0 Å². The van der Waals surface area contributed by atoms with Crippen LogP contribution in [0.4, 0.5) is 0 Å². The Bertz CT molecular complexity index is 217. The number of amidine groups is 1. The molecular formula is C11H21N3. The summed E-state index contributed by atoms with van der Waals surface area (Å²) in [6, 6.07) is 0.733. The average Bonchev–Trinajstić information content (AvgIpc) is 2.63. The molecule has 3 nitrogen and oxygen atoms in total. The van der Waals surface area contributed by atoms with Crippen LogP contribution in [0.1, 0.15) is 26.2 Å². The van der Waals surface area contributed by atoms with Crippen LogP contribution < -0.4 is 0 Å². The van der Waals surface area contributed by atoms with Gasteiger partial charge in [-0.3, -0.25) is 5.41 Å². The lowest BCUT2D eigenvalue weighted by atomic mass is 10.1. The highest BCUT2D eigenvalue weighted by Gasteiger charge is 2.29. The van der Waals surface area contributed by atoms with Crippen molar-refractivity contribution in [3.05, 3.63) is 0 Å². The number of rotatable bonds is 2. The molecule has 2 fully saturated rings. The minimum Gasteiger partial charge on any atom is -0.360 e. The number of nitrogens with zero attached hydrogens (tertiary/aromatic N) is 2. The fourth-order valence-corrected chi connectivity index (χ4v) is 2.70. The zero-order chi connectivity index (χ0) is 10.1. The molecule has 2 aliphatic rings. The Morgan fingerprint density at radius 3 is 2.79 bits per heavy atom. The van der Waals surface area contributed by atoms with E-state index >= 15 is 0 Å². The van der Waals surface area contributed by atoms with E-state index in [1.807, 2.05) is 0 Å². The van der Waals surface area contributed by atoms with Crippen molar-refractivity contribution in [1.29, 1.82) is 5.41 Å². The van der Waals surface area contributed by atoms with Crippen LogP contribution in [0.3, 0.4) is 0 Å².